The van der Waals surface area contributed by atoms with Gasteiger partial charge in [0.1, 0.15) is 0 Å². The first kappa shape index (κ1) is 14.0. The van der Waals surface area contributed by atoms with Crippen LogP contribution in [0, 0.1) is 6.92 Å². The maximum absolute atomic E-state index is 12.3. The van der Waals surface area contributed by atoms with Crippen molar-refractivity contribution in [1.82, 2.24) is 4.98 Å². The summed E-state index contributed by atoms with van der Waals surface area (Å²) in [5.41, 5.74) is 6.88. The van der Waals surface area contributed by atoms with Crippen molar-refractivity contribution in [2.75, 3.05) is 11.1 Å². The molecule has 20 heavy (non-hydrogen) atoms. The highest BCUT2D eigenvalue weighted by Crippen LogP contribution is 2.32. The first-order valence-electron chi connectivity index (χ1n) is 5.70. The zero-order valence-electron chi connectivity index (χ0n) is 10.5. The minimum Gasteiger partial charge on any atom is -0.404 e. The van der Waals surface area contributed by atoms with Crippen LogP contribution in [0.1, 0.15) is 5.69 Å². The molecule has 0 saturated heterocycles. The molecule has 0 atom stereocenters. The summed E-state index contributed by atoms with van der Waals surface area (Å²) in [5, 5.41) is 2.74. The van der Waals surface area contributed by atoms with Crippen molar-refractivity contribution >= 4 is 17.2 Å². The van der Waals surface area contributed by atoms with Crippen LogP contribution in [0.25, 0.3) is 0 Å². The van der Waals surface area contributed by atoms with Crippen LogP contribution in [0.5, 0.6) is 5.75 Å². The van der Waals surface area contributed by atoms with Crippen LogP contribution in [0.4, 0.5) is 30.4 Å². The van der Waals surface area contributed by atoms with E-state index in [1.165, 1.54) is 18.2 Å². The average Bonchev–Trinajstić information content (AvgIpc) is 2.34. The molecule has 0 unspecified atom stereocenters. The molecule has 2 rings (SSSR count). The van der Waals surface area contributed by atoms with Crippen molar-refractivity contribution < 1.29 is 17.9 Å². The monoisotopic (exact) mass is 283 g/mol. The van der Waals surface area contributed by atoms with E-state index in [1.807, 2.05) is 0 Å². The van der Waals surface area contributed by atoms with Gasteiger partial charge in [0, 0.05) is 5.69 Å². The number of pyridine rings is 1. The van der Waals surface area contributed by atoms with E-state index in [2.05, 4.69) is 15.0 Å². The minimum atomic E-state index is -4.76. The van der Waals surface area contributed by atoms with Gasteiger partial charge in [0.15, 0.2) is 11.6 Å². The van der Waals surface area contributed by atoms with Crippen LogP contribution in [0.2, 0.25) is 0 Å². The molecule has 0 bridgehead atoms. The highest BCUT2D eigenvalue weighted by atomic mass is 19.4. The van der Waals surface area contributed by atoms with Crippen molar-refractivity contribution in [2.45, 2.75) is 13.3 Å². The van der Waals surface area contributed by atoms with Crippen LogP contribution in [0.3, 0.4) is 0 Å². The molecule has 0 fully saturated rings. The van der Waals surface area contributed by atoms with E-state index in [-0.39, 0.29) is 17.3 Å². The van der Waals surface area contributed by atoms with Gasteiger partial charge in [-0.2, -0.15) is 0 Å². The largest absolute Gasteiger partial charge is 0.573 e. The fourth-order valence-electron chi connectivity index (χ4n) is 1.58. The number of benzene rings is 1. The predicted molar refractivity (Wildman–Crippen MR) is 69.8 cm³/mol. The summed E-state index contributed by atoms with van der Waals surface area (Å²) < 4.78 is 40.9. The molecule has 7 heteroatoms. The number of ether oxygens (including phenoxy) is 1. The fraction of sp³-hybridized carbons (Fsp3) is 0.154. The van der Waals surface area contributed by atoms with Crippen LogP contribution < -0.4 is 15.8 Å². The number of hydrogen-bond acceptors (Lipinski definition) is 4. The predicted octanol–water partition coefficient (Wildman–Crippen LogP) is 3.61. The molecule has 3 N–H and O–H groups in total. The molecule has 0 spiro atoms. The van der Waals surface area contributed by atoms with E-state index in [0.29, 0.717) is 11.4 Å². The van der Waals surface area contributed by atoms with E-state index in [9.17, 15) is 13.2 Å². The van der Waals surface area contributed by atoms with Gasteiger partial charge in [-0.3, -0.25) is 0 Å². The molecule has 106 valence electrons. The number of nitrogens with two attached hydrogens (primary N) is 1. The van der Waals surface area contributed by atoms with E-state index in [4.69, 9.17) is 5.73 Å². The molecule has 0 radical (unpaired) electrons. The lowest BCUT2D eigenvalue weighted by Gasteiger charge is -2.15. The highest BCUT2D eigenvalue weighted by molar-refractivity contribution is 5.72. The van der Waals surface area contributed by atoms with Crippen LogP contribution >= 0.6 is 0 Å². The van der Waals surface area contributed by atoms with E-state index in [0.717, 1.165) is 0 Å². The Morgan fingerprint density at radius 1 is 1.15 bits per heavy atom. The lowest BCUT2D eigenvalue weighted by molar-refractivity contribution is -0.274. The molecule has 4 nitrogen and oxygen atoms in total. The van der Waals surface area contributed by atoms with Gasteiger partial charge in [-0.25, -0.2) is 4.98 Å². The number of halogens is 3. The standard InChI is InChI=1S/C13H12F3N3O/c1-8-6-7-9(17)12(18-8)19-10-4-2-3-5-11(10)20-13(14,15)16/h2-7H,17H2,1H3,(H,18,19). The number of rotatable bonds is 3. The molecule has 1 aromatic heterocycles. The van der Waals surface area contributed by atoms with Gasteiger partial charge in [-0.1, -0.05) is 12.1 Å². The Bertz CT molecular complexity index is 614. The van der Waals surface area contributed by atoms with Crippen LogP contribution in [0.15, 0.2) is 36.4 Å². The van der Waals surface area contributed by atoms with Gasteiger partial charge in [0.05, 0.1) is 11.4 Å². The fourth-order valence-corrected chi connectivity index (χ4v) is 1.58. The summed E-state index contributed by atoms with van der Waals surface area (Å²) >= 11 is 0. The smallest absolute Gasteiger partial charge is 0.404 e. The summed E-state index contributed by atoms with van der Waals surface area (Å²) in [6.45, 7) is 1.75. The highest BCUT2D eigenvalue weighted by Gasteiger charge is 2.32. The molecule has 0 aliphatic rings. The summed E-state index contributed by atoms with van der Waals surface area (Å²) in [6, 6.07) is 9.01. The Balaban J connectivity index is 2.32. The minimum absolute atomic E-state index is 0.134. The second-order valence-corrected chi connectivity index (χ2v) is 4.06. The normalized spacial score (nSPS) is 11.2. The Morgan fingerprint density at radius 3 is 2.55 bits per heavy atom. The Kier molecular flexibility index (Phi) is 3.69. The quantitative estimate of drug-likeness (QED) is 0.903. The first-order valence-corrected chi connectivity index (χ1v) is 5.70. The summed E-state index contributed by atoms with van der Waals surface area (Å²) in [5.74, 6) is -0.0640. The summed E-state index contributed by atoms with van der Waals surface area (Å²) in [6.07, 6.45) is -4.76. The number of para-hydroxylation sites is 2. The van der Waals surface area contributed by atoms with Crippen molar-refractivity contribution in [2.24, 2.45) is 0 Å². The zero-order chi connectivity index (χ0) is 14.8. The molecular weight excluding hydrogens is 271 g/mol. The number of alkyl halides is 3. The summed E-state index contributed by atoms with van der Waals surface area (Å²) in [4.78, 5) is 4.13. The van der Waals surface area contributed by atoms with Gasteiger partial charge in [0.2, 0.25) is 0 Å². The molecule has 1 aromatic carbocycles. The molecule has 0 aliphatic carbocycles. The third-order valence-electron chi connectivity index (χ3n) is 2.43. The maximum atomic E-state index is 12.3. The van der Waals surface area contributed by atoms with Crippen LogP contribution in [-0.2, 0) is 0 Å². The van der Waals surface area contributed by atoms with Crippen molar-refractivity contribution in [3.8, 4) is 5.75 Å². The number of nitrogens with zero attached hydrogens (tertiary/aromatic N) is 1. The number of anilines is 3. The summed E-state index contributed by atoms with van der Waals surface area (Å²) in [7, 11) is 0. The molecule has 1 heterocycles. The number of aryl methyl sites for hydroxylation is 1. The second kappa shape index (κ2) is 5.28. The van der Waals surface area contributed by atoms with Gasteiger partial charge in [-0.05, 0) is 31.2 Å². The average molecular weight is 283 g/mol. The van der Waals surface area contributed by atoms with Crippen molar-refractivity contribution in [3.05, 3.63) is 42.1 Å². The van der Waals surface area contributed by atoms with E-state index >= 15 is 0 Å². The molecule has 0 amide bonds. The lowest BCUT2D eigenvalue weighted by Crippen LogP contribution is -2.18. The number of aromatic nitrogens is 1. The Labute approximate surface area is 113 Å². The van der Waals surface area contributed by atoms with Gasteiger partial charge >= 0.3 is 6.36 Å². The zero-order valence-corrected chi connectivity index (χ0v) is 10.5. The topological polar surface area (TPSA) is 60.2 Å². The van der Waals surface area contributed by atoms with Crippen LogP contribution in [-0.4, -0.2) is 11.3 Å². The SMILES string of the molecule is Cc1ccc(N)c(Nc2ccccc2OC(F)(F)F)n1. The van der Waals surface area contributed by atoms with E-state index in [1.54, 1.807) is 25.1 Å². The molecule has 0 saturated carbocycles. The Morgan fingerprint density at radius 2 is 1.85 bits per heavy atom. The lowest BCUT2D eigenvalue weighted by atomic mass is 10.2. The molecule has 0 aliphatic heterocycles. The van der Waals surface area contributed by atoms with Crippen molar-refractivity contribution in [3.63, 3.8) is 0 Å². The molecular formula is C13H12F3N3O. The van der Waals surface area contributed by atoms with Gasteiger partial charge in [-0.15, -0.1) is 13.2 Å². The van der Waals surface area contributed by atoms with Gasteiger partial charge < -0.3 is 15.8 Å². The van der Waals surface area contributed by atoms with Crippen molar-refractivity contribution in [1.29, 1.82) is 0 Å². The third-order valence-corrected chi connectivity index (χ3v) is 2.43. The maximum Gasteiger partial charge on any atom is 0.573 e. The van der Waals surface area contributed by atoms with Gasteiger partial charge in [0.25, 0.3) is 0 Å². The second-order valence-electron chi connectivity index (χ2n) is 4.06. The van der Waals surface area contributed by atoms with E-state index < -0.39 is 6.36 Å². The number of nitrogens with one attached hydrogen (secondary N) is 1. The third kappa shape index (κ3) is 3.53. The first-order chi connectivity index (χ1) is 9.35. The Hall–Kier alpha value is -2.44. The molecule has 2 aromatic rings. The number of nitrogen functional groups attached to an aromatic ring is 1. The number of hydrogen-bond donors (Lipinski definition) is 2.